The van der Waals surface area contributed by atoms with Crippen molar-refractivity contribution >= 4 is 38.0 Å². The first kappa shape index (κ1) is 13.5. The van der Waals surface area contributed by atoms with Crippen molar-refractivity contribution in [2.45, 2.75) is 32.2 Å². The molecule has 0 fully saturated rings. The van der Waals surface area contributed by atoms with Crippen LogP contribution in [0, 0.1) is 0 Å². The molecule has 18 heavy (non-hydrogen) atoms. The van der Waals surface area contributed by atoms with Crippen LogP contribution in [0.2, 0.25) is 0 Å². The topological polar surface area (TPSA) is 55.1 Å². The van der Waals surface area contributed by atoms with E-state index in [1.165, 1.54) is 9.40 Å². The van der Waals surface area contributed by atoms with E-state index >= 15 is 0 Å². The van der Waals surface area contributed by atoms with Crippen molar-refractivity contribution in [3.8, 4) is 0 Å². The quantitative estimate of drug-likeness (QED) is 0.884. The summed E-state index contributed by atoms with van der Waals surface area (Å²) in [4.78, 5) is 13.0. The number of amides is 1. The minimum Gasteiger partial charge on any atom is -0.345 e. The maximum Gasteiger partial charge on any atom is 0.261 e. The Labute approximate surface area is 115 Å². The van der Waals surface area contributed by atoms with Crippen LogP contribution in [-0.2, 0) is 0 Å². The SMILES string of the molecule is CCC(CC)(CN)NC(=O)c1cc2sccc2s1. The highest BCUT2D eigenvalue weighted by Crippen LogP contribution is 2.30. The van der Waals surface area contributed by atoms with E-state index in [4.69, 9.17) is 5.73 Å². The van der Waals surface area contributed by atoms with Gasteiger partial charge in [0.25, 0.3) is 5.91 Å². The van der Waals surface area contributed by atoms with Gasteiger partial charge in [-0.25, -0.2) is 0 Å². The van der Waals surface area contributed by atoms with Gasteiger partial charge >= 0.3 is 0 Å². The van der Waals surface area contributed by atoms with E-state index in [2.05, 4.69) is 25.2 Å². The molecule has 0 spiro atoms. The second kappa shape index (κ2) is 5.38. The summed E-state index contributed by atoms with van der Waals surface area (Å²) in [6, 6.07) is 4.02. The minimum absolute atomic E-state index is 0.00227. The summed E-state index contributed by atoms with van der Waals surface area (Å²) in [5, 5.41) is 5.14. The van der Waals surface area contributed by atoms with Gasteiger partial charge in [-0.05, 0) is 30.4 Å². The lowest BCUT2D eigenvalue weighted by Crippen LogP contribution is -2.52. The van der Waals surface area contributed by atoms with E-state index in [0.29, 0.717) is 6.54 Å². The first-order valence-electron chi connectivity index (χ1n) is 6.13. The number of nitrogens with one attached hydrogen (secondary N) is 1. The smallest absolute Gasteiger partial charge is 0.261 e. The second-order valence-electron chi connectivity index (χ2n) is 4.41. The van der Waals surface area contributed by atoms with Crippen molar-refractivity contribution in [2.24, 2.45) is 5.73 Å². The summed E-state index contributed by atoms with van der Waals surface area (Å²) in [6.07, 6.45) is 1.71. The standard InChI is InChI=1S/C13H18N2OS2/c1-3-13(4-2,8-14)15-12(16)11-7-10-9(18-11)5-6-17-10/h5-7H,3-4,8,14H2,1-2H3,(H,15,16). The Morgan fingerprint density at radius 1 is 1.39 bits per heavy atom. The molecule has 0 saturated carbocycles. The van der Waals surface area contributed by atoms with Gasteiger partial charge in [0, 0.05) is 15.9 Å². The fraction of sp³-hybridized carbons (Fsp3) is 0.462. The Hall–Kier alpha value is -0.910. The van der Waals surface area contributed by atoms with Crippen molar-refractivity contribution in [1.82, 2.24) is 5.32 Å². The fourth-order valence-corrected chi connectivity index (χ4v) is 3.95. The van der Waals surface area contributed by atoms with Crippen molar-refractivity contribution in [2.75, 3.05) is 6.54 Å². The summed E-state index contributed by atoms with van der Waals surface area (Å²) in [5.74, 6) is -0.00227. The maximum atomic E-state index is 12.3. The molecule has 2 heterocycles. The third kappa shape index (κ3) is 2.43. The lowest BCUT2D eigenvalue weighted by atomic mass is 9.93. The number of hydrogen-bond donors (Lipinski definition) is 2. The summed E-state index contributed by atoms with van der Waals surface area (Å²) < 4.78 is 2.35. The van der Waals surface area contributed by atoms with Gasteiger partial charge in [-0.3, -0.25) is 4.79 Å². The predicted octanol–water partition coefficient (Wildman–Crippen LogP) is 3.21. The van der Waals surface area contributed by atoms with Crippen LogP contribution >= 0.6 is 22.7 Å². The molecule has 2 aromatic heterocycles. The van der Waals surface area contributed by atoms with Gasteiger partial charge in [0.05, 0.1) is 10.4 Å². The van der Waals surface area contributed by atoms with Crippen LogP contribution in [0.5, 0.6) is 0 Å². The van der Waals surface area contributed by atoms with Crippen LogP contribution in [0.25, 0.3) is 9.40 Å². The van der Waals surface area contributed by atoms with Crippen molar-refractivity contribution in [1.29, 1.82) is 0 Å². The molecule has 0 unspecified atom stereocenters. The Kier molecular flexibility index (Phi) is 4.04. The lowest BCUT2D eigenvalue weighted by molar-refractivity contribution is 0.0899. The van der Waals surface area contributed by atoms with Gasteiger partial charge in [-0.15, -0.1) is 22.7 Å². The zero-order chi connectivity index (χ0) is 13.2. The molecule has 2 aromatic rings. The Morgan fingerprint density at radius 3 is 2.67 bits per heavy atom. The highest BCUT2D eigenvalue weighted by molar-refractivity contribution is 7.27. The first-order valence-corrected chi connectivity index (χ1v) is 7.83. The largest absolute Gasteiger partial charge is 0.345 e. The van der Waals surface area contributed by atoms with Crippen molar-refractivity contribution < 1.29 is 4.79 Å². The summed E-state index contributed by atoms with van der Waals surface area (Å²) >= 11 is 3.21. The fourth-order valence-electron chi connectivity index (χ4n) is 1.95. The lowest BCUT2D eigenvalue weighted by Gasteiger charge is -2.31. The van der Waals surface area contributed by atoms with Crippen LogP contribution < -0.4 is 11.1 Å². The third-order valence-corrected chi connectivity index (χ3v) is 5.58. The molecule has 0 radical (unpaired) electrons. The van der Waals surface area contributed by atoms with E-state index in [0.717, 1.165) is 17.7 Å². The molecule has 0 aliphatic rings. The number of carbonyl (C=O) groups excluding carboxylic acids is 1. The van der Waals surface area contributed by atoms with Gasteiger partial charge in [0.2, 0.25) is 0 Å². The van der Waals surface area contributed by atoms with Crippen LogP contribution in [0.4, 0.5) is 0 Å². The maximum absolute atomic E-state index is 12.3. The molecule has 1 amide bonds. The highest BCUT2D eigenvalue weighted by Gasteiger charge is 2.27. The monoisotopic (exact) mass is 282 g/mol. The van der Waals surface area contributed by atoms with Crippen LogP contribution in [0.1, 0.15) is 36.4 Å². The number of rotatable bonds is 5. The molecule has 0 atom stereocenters. The predicted molar refractivity (Wildman–Crippen MR) is 79.5 cm³/mol. The van der Waals surface area contributed by atoms with Gasteiger partial charge < -0.3 is 11.1 Å². The van der Waals surface area contributed by atoms with Gasteiger partial charge in [0.1, 0.15) is 0 Å². The zero-order valence-electron chi connectivity index (χ0n) is 10.7. The Balaban J connectivity index is 2.19. The Morgan fingerprint density at radius 2 is 2.11 bits per heavy atom. The van der Waals surface area contributed by atoms with Crippen molar-refractivity contribution in [3.63, 3.8) is 0 Å². The Bertz CT molecular complexity index is 503. The molecule has 98 valence electrons. The van der Waals surface area contributed by atoms with Crippen LogP contribution in [0.15, 0.2) is 17.5 Å². The van der Waals surface area contributed by atoms with E-state index in [1.807, 2.05) is 11.4 Å². The highest BCUT2D eigenvalue weighted by atomic mass is 32.1. The van der Waals surface area contributed by atoms with Gasteiger partial charge in [0.15, 0.2) is 0 Å². The third-order valence-electron chi connectivity index (χ3n) is 3.49. The number of nitrogens with two attached hydrogens (primary N) is 1. The number of hydrogen-bond acceptors (Lipinski definition) is 4. The average molecular weight is 282 g/mol. The molecule has 0 saturated heterocycles. The minimum atomic E-state index is -0.269. The van der Waals surface area contributed by atoms with Crippen LogP contribution in [-0.4, -0.2) is 18.0 Å². The van der Waals surface area contributed by atoms with E-state index in [9.17, 15) is 4.79 Å². The van der Waals surface area contributed by atoms with Gasteiger partial charge in [-0.1, -0.05) is 13.8 Å². The molecule has 3 nitrogen and oxygen atoms in total. The molecular weight excluding hydrogens is 264 g/mol. The first-order chi connectivity index (χ1) is 8.64. The molecule has 0 aliphatic carbocycles. The summed E-state index contributed by atoms with van der Waals surface area (Å²) in [7, 11) is 0. The van der Waals surface area contributed by atoms with E-state index < -0.39 is 0 Å². The molecule has 0 aliphatic heterocycles. The molecule has 0 aromatic carbocycles. The molecule has 5 heteroatoms. The number of carbonyl (C=O) groups is 1. The molecule has 0 bridgehead atoms. The summed E-state index contributed by atoms with van der Waals surface area (Å²) in [5.41, 5.74) is 5.53. The molecular formula is C13H18N2OS2. The van der Waals surface area contributed by atoms with E-state index in [-0.39, 0.29) is 11.4 Å². The molecule has 3 N–H and O–H groups in total. The second-order valence-corrected chi connectivity index (χ2v) is 6.44. The number of thiophene rings is 2. The van der Waals surface area contributed by atoms with Gasteiger partial charge in [-0.2, -0.15) is 0 Å². The van der Waals surface area contributed by atoms with Crippen molar-refractivity contribution in [3.05, 3.63) is 22.4 Å². The normalized spacial score (nSPS) is 11.9. The van der Waals surface area contributed by atoms with Crippen LogP contribution in [0.3, 0.4) is 0 Å². The average Bonchev–Trinajstić information content (AvgIpc) is 2.96. The van der Waals surface area contributed by atoms with E-state index in [1.54, 1.807) is 22.7 Å². The summed E-state index contributed by atoms with van der Waals surface area (Å²) in [6.45, 7) is 4.60. The molecule has 2 rings (SSSR count). The number of fused-ring (bicyclic) bond motifs is 1. The zero-order valence-corrected chi connectivity index (χ0v) is 12.3.